The van der Waals surface area contributed by atoms with Crippen molar-refractivity contribution in [3.05, 3.63) is 95.6 Å². The lowest BCUT2D eigenvalue weighted by Crippen LogP contribution is -2.13. The molecule has 0 radical (unpaired) electrons. The minimum absolute atomic E-state index is 0.0578. The molecule has 30 heavy (non-hydrogen) atoms. The molecule has 1 aliphatic heterocycles. The first kappa shape index (κ1) is 19.0. The number of rotatable bonds is 3. The quantitative estimate of drug-likeness (QED) is 0.390. The van der Waals surface area contributed by atoms with Gasteiger partial charge in [-0.15, -0.1) is 0 Å². The molecule has 2 heterocycles. The molecule has 0 saturated heterocycles. The molecule has 2 aromatic carbocycles. The number of fused-ring (bicyclic) bond motifs is 3. The molecule has 5 nitrogen and oxygen atoms in total. The predicted molar refractivity (Wildman–Crippen MR) is 126 cm³/mol. The van der Waals surface area contributed by atoms with E-state index in [1.165, 1.54) is 5.57 Å². The maximum absolute atomic E-state index is 11.7. The van der Waals surface area contributed by atoms with Gasteiger partial charge in [-0.25, -0.2) is 9.78 Å². The summed E-state index contributed by atoms with van der Waals surface area (Å²) in [6.45, 7) is 0.277. The van der Waals surface area contributed by atoms with Crippen LogP contribution >= 0.6 is 22.6 Å². The molecule has 148 valence electrons. The summed E-state index contributed by atoms with van der Waals surface area (Å²) in [5.41, 5.74) is 6.88. The van der Waals surface area contributed by atoms with Crippen molar-refractivity contribution < 1.29 is 9.90 Å². The van der Waals surface area contributed by atoms with E-state index in [-0.39, 0.29) is 12.2 Å². The van der Waals surface area contributed by atoms with Crippen molar-refractivity contribution in [3.8, 4) is 16.8 Å². The Hall–Kier alpha value is -3.00. The highest BCUT2D eigenvalue weighted by atomic mass is 127. The molecule has 0 spiro atoms. The van der Waals surface area contributed by atoms with E-state index in [1.807, 2.05) is 28.8 Å². The normalized spacial score (nSPS) is 17.4. The maximum atomic E-state index is 11.7. The van der Waals surface area contributed by atoms with Gasteiger partial charge in [0.1, 0.15) is 6.33 Å². The van der Waals surface area contributed by atoms with Gasteiger partial charge in [-0.3, -0.25) is 9.56 Å². The zero-order chi connectivity index (χ0) is 20.7. The molecule has 0 fully saturated rings. The number of carboxylic acid groups (broad SMARTS) is 1. The van der Waals surface area contributed by atoms with Crippen molar-refractivity contribution in [2.24, 2.45) is 4.99 Å². The Kier molecular flexibility index (Phi) is 4.86. The molecule has 1 aromatic heterocycles. The zero-order valence-electron chi connectivity index (χ0n) is 16.0. The lowest BCUT2D eigenvalue weighted by atomic mass is 9.92. The van der Waals surface area contributed by atoms with Gasteiger partial charge in [-0.2, -0.15) is 0 Å². The number of hydrogen-bond donors (Lipinski definition) is 1. The number of imidazole rings is 1. The van der Waals surface area contributed by atoms with Crippen molar-refractivity contribution in [1.29, 1.82) is 0 Å². The van der Waals surface area contributed by atoms with Crippen LogP contribution in [0.2, 0.25) is 0 Å². The van der Waals surface area contributed by atoms with Crippen LogP contribution in [0.15, 0.2) is 83.7 Å². The van der Waals surface area contributed by atoms with Crippen LogP contribution in [-0.4, -0.2) is 30.3 Å². The van der Waals surface area contributed by atoms with Crippen molar-refractivity contribution in [2.45, 2.75) is 16.9 Å². The summed E-state index contributed by atoms with van der Waals surface area (Å²) in [5, 5.41) is 9.57. The summed E-state index contributed by atoms with van der Waals surface area (Å²) >= 11 is 2.43. The topological polar surface area (TPSA) is 67.5 Å². The van der Waals surface area contributed by atoms with E-state index in [9.17, 15) is 9.90 Å². The molecular formula is C24H18IN3O2. The van der Waals surface area contributed by atoms with Crippen molar-refractivity contribution >= 4 is 34.3 Å². The number of aromatic nitrogens is 2. The molecule has 0 bridgehead atoms. The fourth-order valence-electron chi connectivity index (χ4n) is 3.98. The first-order valence-corrected chi connectivity index (χ1v) is 10.9. The molecule has 5 rings (SSSR count). The number of carbonyl (C=O) groups is 1. The highest BCUT2D eigenvalue weighted by Gasteiger charge is 2.26. The fourth-order valence-corrected chi connectivity index (χ4v) is 4.70. The zero-order valence-corrected chi connectivity index (χ0v) is 18.2. The smallest absolute Gasteiger partial charge is 0.356 e. The molecule has 2 aliphatic rings. The number of alkyl halides is 1. The number of halogens is 1. The SMILES string of the molecule is O=C(O)c1ncn2c1CN=C(C1=CC=CC(I)C1)c1cc(-c3ccccc3)ccc1-2. The number of carboxylic acids is 1. The number of aliphatic imine (C=N–C) groups is 1. The second kappa shape index (κ2) is 7.68. The van der Waals surface area contributed by atoms with E-state index in [1.54, 1.807) is 6.33 Å². The molecule has 3 aromatic rings. The van der Waals surface area contributed by atoms with E-state index in [4.69, 9.17) is 4.99 Å². The highest BCUT2D eigenvalue weighted by molar-refractivity contribution is 14.1. The van der Waals surface area contributed by atoms with Crippen LogP contribution in [-0.2, 0) is 6.54 Å². The van der Waals surface area contributed by atoms with Gasteiger partial charge in [-0.05, 0) is 35.3 Å². The van der Waals surface area contributed by atoms with Gasteiger partial charge in [-0.1, -0.05) is 77.2 Å². The number of hydrogen-bond acceptors (Lipinski definition) is 3. The monoisotopic (exact) mass is 507 g/mol. The van der Waals surface area contributed by atoms with E-state index in [0.717, 1.165) is 34.5 Å². The Balaban J connectivity index is 1.73. The third-order valence-corrected chi connectivity index (χ3v) is 6.27. The standard InChI is InChI=1S/C24H18IN3O2/c25-18-8-4-7-17(11-18)22-19-12-16(15-5-2-1-3-6-15)9-10-20(19)28-14-27-23(24(29)30)21(28)13-26-22/h1-10,12,14,18H,11,13H2,(H,29,30). The molecule has 0 saturated carbocycles. The van der Waals surface area contributed by atoms with Gasteiger partial charge in [0, 0.05) is 9.49 Å². The first-order valence-electron chi connectivity index (χ1n) is 9.68. The minimum atomic E-state index is -1.03. The highest BCUT2D eigenvalue weighted by Crippen LogP contribution is 2.33. The summed E-state index contributed by atoms with van der Waals surface area (Å²) in [6.07, 6.45) is 8.86. The molecule has 6 heteroatoms. The van der Waals surface area contributed by atoms with Crippen LogP contribution in [0.5, 0.6) is 0 Å². The molecule has 1 atom stereocenters. The number of allylic oxidation sites excluding steroid dienone is 4. The second-order valence-corrected chi connectivity index (χ2v) is 8.87. The minimum Gasteiger partial charge on any atom is -0.476 e. The van der Waals surface area contributed by atoms with Crippen LogP contribution in [0.1, 0.15) is 28.2 Å². The third-order valence-electron chi connectivity index (χ3n) is 5.41. The van der Waals surface area contributed by atoms with E-state index in [2.05, 4.69) is 70.1 Å². The maximum Gasteiger partial charge on any atom is 0.356 e. The van der Waals surface area contributed by atoms with Crippen molar-refractivity contribution in [2.75, 3.05) is 0 Å². The Bertz CT molecular complexity index is 1240. The summed E-state index contributed by atoms with van der Waals surface area (Å²) in [5.74, 6) is -1.03. The van der Waals surface area contributed by atoms with Crippen LogP contribution in [0, 0.1) is 0 Å². The number of aromatic carboxylic acids is 1. The lowest BCUT2D eigenvalue weighted by molar-refractivity contribution is 0.0689. The van der Waals surface area contributed by atoms with E-state index >= 15 is 0 Å². The molecule has 1 N–H and O–H groups in total. The van der Waals surface area contributed by atoms with E-state index in [0.29, 0.717) is 9.62 Å². The Morgan fingerprint density at radius 3 is 2.73 bits per heavy atom. The third kappa shape index (κ3) is 3.31. The van der Waals surface area contributed by atoms with Crippen LogP contribution < -0.4 is 0 Å². The fraction of sp³-hybridized carbons (Fsp3) is 0.125. The molecule has 0 amide bonds. The van der Waals surface area contributed by atoms with Gasteiger partial charge < -0.3 is 5.11 Å². The van der Waals surface area contributed by atoms with E-state index < -0.39 is 5.97 Å². The average Bonchev–Trinajstić information content (AvgIpc) is 3.12. The van der Waals surface area contributed by atoms with Crippen molar-refractivity contribution in [3.63, 3.8) is 0 Å². The Labute approximate surface area is 187 Å². The van der Waals surface area contributed by atoms with Gasteiger partial charge in [0.2, 0.25) is 0 Å². The molecule has 1 unspecified atom stereocenters. The Morgan fingerprint density at radius 2 is 1.97 bits per heavy atom. The number of nitrogens with zero attached hydrogens (tertiary/aromatic N) is 3. The summed E-state index contributed by atoms with van der Waals surface area (Å²) in [6, 6.07) is 16.5. The lowest BCUT2D eigenvalue weighted by Gasteiger charge is -2.18. The molecular weight excluding hydrogens is 489 g/mol. The average molecular weight is 507 g/mol. The van der Waals surface area contributed by atoms with Gasteiger partial charge in [0.05, 0.1) is 23.6 Å². The van der Waals surface area contributed by atoms with Gasteiger partial charge >= 0.3 is 5.97 Å². The largest absolute Gasteiger partial charge is 0.476 e. The van der Waals surface area contributed by atoms with Crippen molar-refractivity contribution in [1.82, 2.24) is 9.55 Å². The van der Waals surface area contributed by atoms with Crippen LogP contribution in [0.4, 0.5) is 0 Å². The Morgan fingerprint density at radius 1 is 1.13 bits per heavy atom. The predicted octanol–water partition coefficient (Wildman–Crippen LogP) is 5.23. The van der Waals surface area contributed by atoms with Crippen LogP contribution in [0.3, 0.4) is 0 Å². The first-order chi connectivity index (χ1) is 14.6. The van der Waals surface area contributed by atoms with Crippen LogP contribution in [0.25, 0.3) is 16.8 Å². The van der Waals surface area contributed by atoms with Gasteiger partial charge in [0.25, 0.3) is 0 Å². The summed E-state index contributed by atoms with van der Waals surface area (Å²) in [4.78, 5) is 20.7. The summed E-state index contributed by atoms with van der Waals surface area (Å²) < 4.78 is 2.27. The van der Waals surface area contributed by atoms with Gasteiger partial charge in [0.15, 0.2) is 5.69 Å². The number of benzene rings is 2. The summed E-state index contributed by atoms with van der Waals surface area (Å²) in [7, 11) is 0. The molecule has 1 aliphatic carbocycles. The second-order valence-electron chi connectivity index (χ2n) is 7.27.